The summed E-state index contributed by atoms with van der Waals surface area (Å²) in [5, 5.41) is 14.5. The van der Waals surface area contributed by atoms with Gasteiger partial charge in [-0.05, 0) is 16.3 Å². The van der Waals surface area contributed by atoms with Crippen molar-refractivity contribution in [1.82, 2.24) is 10.2 Å². The Balaban J connectivity index is 1.84. The summed E-state index contributed by atoms with van der Waals surface area (Å²) in [5.74, 6) is -0.261. The van der Waals surface area contributed by atoms with Crippen molar-refractivity contribution in [3.8, 4) is 0 Å². The Morgan fingerprint density at radius 3 is 2.81 bits per heavy atom. The van der Waals surface area contributed by atoms with Gasteiger partial charge in [-0.25, -0.2) is 0 Å². The number of nitrogens with zero attached hydrogens (tertiary/aromatic N) is 2. The van der Waals surface area contributed by atoms with Crippen molar-refractivity contribution in [2.75, 3.05) is 11.9 Å². The van der Waals surface area contributed by atoms with Crippen LogP contribution >= 0.6 is 11.3 Å². The van der Waals surface area contributed by atoms with E-state index in [2.05, 4.69) is 39.8 Å². The molecule has 0 unspecified atom stereocenters. The first-order valence-electron chi connectivity index (χ1n) is 6.55. The summed E-state index contributed by atoms with van der Waals surface area (Å²) in [4.78, 5) is 11.2. The second kappa shape index (κ2) is 5.99. The molecule has 0 bridgehead atoms. The van der Waals surface area contributed by atoms with Crippen LogP contribution in [0.1, 0.15) is 10.6 Å². The molecule has 0 fully saturated rings. The Morgan fingerprint density at radius 2 is 1.95 bits per heavy atom. The van der Waals surface area contributed by atoms with Gasteiger partial charge in [-0.2, -0.15) is 0 Å². The fourth-order valence-corrected chi connectivity index (χ4v) is 2.93. The van der Waals surface area contributed by atoms with E-state index < -0.39 is 0 Å². The topological polar surface area (TPSA) is 80.9 Å². The highest BCUT2D eigenvalue weighted by molar-refractivity contribution is 7.15. The molecule has 106 valence electrons. The third-order valence-electron chi connectivity index (χ3n) is 3.12. The third-order valence-corrected chi connectivity index (χ3v) is 3.96. The maximum absolute atomic E-state index is 11.2. The normalized spacial score (nSPS) is 10.7. The van der Waals surface area contributed by atoms with Crippen LogP contribution in [0.3, 0.4) is 0 Å². The van der Waals surface area contributed by atoms with Crippen molar-refractivity contribution < 1.29 is 4.79 Å². The molecule has 0 saturated heterocycles. The van der Waals surface area contributed by atoms with Gasteiger partial charge in [-0.3, -0.25) is 10.1 Å². The van der Waals surface area contributed by atoms with Gasteiger partial charge in [0.2, 0.25) is 11.0 Å². The van der Waals surface area contributed by atoms with Gasteiger partial charge in [0.25, 0.3) is 0 Å². The van der Waals surface area contributed by atoms with Crippen molar-refractivity contribution in [3.05, 3.63) is 53.0 Å². The van der Waals surface area contributed by atoms with Crippen LogP contribution in [0.15, 0.2) is 42.5 Å². The third kappa shape index (κ3) is 3.07. The Labute approximate surface area is 125 Å². The zero-order chi connectivity index (χ0) is 14.7. The molecule has 0 atom stereocenters. The number of nitrogens with two attached hydrogens (primary N) is 1. The summed E-state index contributed by atoms with van der Waals surface area (Å²) < 4.78 is 0. The van der Waals surface area contributed by atoms with Crippen LogP contribution in [-0.4, -0.2) is 22.6 Å². The highest BCUT2D eigenvalue weighted by Crippen LogP contribution is 2.23. The Morgan fingerprint density at radius 1 is 1.14 bits per heavy atom. The van der Waals surface area contributed by atoms with E-state index >= 15 is 0 Å². The SMILES string of the molecule is NCC(=O)Nc1nnc(Cc2cccc3ccccc23)s1. The molecule has 0 aliphatic heterocycles. The number of hydrogen-bond donors (Lipinski definition) is 2. The lowest BCUT2D eigenvalue weighted by molar-refractivity contribution is -0.114. The molecule has 0 radical (unpaired) electrons. The average Bonchev–Trinajstić information content (AvgIpc) is 2.94. The first-order chi connectivity index (χ1) is 10.3. The molecule has 1 heterocycles. The Kier molecular flexibility index (Phi) is 3.89. The molecule has 0 aliphatic rings. The minimum atomic E-state index is -0.261. The number of aromatic nitrogens is 2. The van der Waals surface area contributed by atoms with Crippen molar-refractivity contribution in [3.63, 3.8) is 0 Å². The lowest BCUT2D eigenvalue weighted by Crippen LogP contribution is -2.21. The number of nitrogens with one attached hydrogen (secondary N) is 1. The van der Waals surface area contributed by atoms with Gasteiger partial charge >= 0.3 is 0 Å². The molecule has 2 aromatic carbocycles. The number of anilines is 1. The predicted molar refractivity (Wildman–Crippen MR) is 84.3 cm³/mol. The Bertz CT molecular complexity index is 779. The number of rotatable bonds is 4. The predicted octanol–water partition coefficient (Wildman–Crippen LogP) is 2.18. The van der Waals surface area contributed by atoms with Gasteiger partial charge in [-0.15, -0.1) is 10.2 Å². The molecule has 0 aliphatic carbocycles. The van der Waals surface area contributed by atoms with Gasteiger partial charge in [0, 0.05) is 6.42 Å². The summed E-state index contributed by atoms with van der Waals surface area (Å²) in [6.45, 7) is -0.0573. The summed E-state index contributed by atoms with van der Waals surface area (Å²) in [7, 11) is 0. The smallest absolute Gasteiger partial charge is 0.239 e. The summed E-state index contributed by atoms with van der Waals surface area (Å²) in [6, 6.07) is 14.5. The molecule has 3 rings (SSSR count). The molecule has 3 N–H and O–H groups in total. The van der Waals surface area contributed by atoms with Gasteiger partial charge < -0.3 is 5.73 Å². The van der Waals surface area contributed by atoms with Crippen LogP contribution in [0.5, 0.6) is 0 Å². The molecule has 6 heteroatoms. The zero-order valence-corrected chi connectivity index (χ0v) is 12.1. The molecule has 1 amide bonds. The van der Waals surface area contributed by atoms with E-state index in [0.717, 1.165) is 5.01 Å². The van der Waals surface area contributed by atoms with Crippen LogP contribution < -0.4 is 11.1 Å². The van der Waals surface area contributed by atoms with Crippen LogP contribution in [0, 0.1) is 0 Å². The summed E-state index contributed by atoms with van der Waals surface area (Å²) >= 11 is 1.37. The second-order valence-corrected chi connectivity index (χ2v) is 5.63. The highest BCUT2D eigenvalue weighted by Gasteiger charge is 2.09. The highest BCUT2D eigenvalue weighted by atomic mass is 32.1. The maximum atomic E-state index is 11.2. The molecule has 1 aromatic heterocycles. The van der Waals surface area contributed by atoms with E-state index in [9.17, 15) is 4.79 Å². The first-order valence-corrected chi connectivity index (χ1v) is 7.37. The largest absolute Gasteiger partial charge is 0.322 e. The van der Waals surface area contributed by atoms with Crippen molar-refractivity contribution in [2.45, 2.75) is 6.42 Å². The summed E-state index contributed by atoms with van der Waals surface area (Å²) in [6.07, 6.45) is 0.692. The molecular weight excluding hydrogens is 284 g/mol. The van der Waals surface area contributed by atoms with Crippen LogP contribution in [0.2, 0.25) is 0 Å². The molecular formula is C15H14N4OS. The monoisotopic (exact) mass is 298 g/mol. The van der Waals surface area contributed by atoms with E-state index in [1.54, 1.807) is 0 Å². The molecule has 21 heavy (non-hydrogen) atoms. The fourth-order valence-electron chi connectivity index (χ4n) is 2.16. The first kappa shape index (κ1) is 13.7. The van der Waals surface area contributed by atoms with Crippen molar-refractivity contribution in [1.29, 1.82) is 0 Å². The van der Waals surface area contributed by atoms with Gasteiger partial charge in [-0.1, -0.05) is 53.8 Å². The van der Waals surface area contributed by atoms with Gasteiger partial charge in [0.15, 0.2) is 0 Å². The fraction of sp³-hybridized carbons (Fsp3) is 0.133. The van der Waals surface area contributed by atoms with Crippen molar-refractivity contribution in [2.24, 2.45) is 5.73 Å². The average molecular weight is 298 g/mol. The number of carbonyl (C=O) groups is 1. The number of hydrogen-bond acceptors (Lipinski definition) is 5. The standard InChI is InChI=1S/C15H14N4OS/c16-9-13(20)17-15-19-18-14(21-15)8-11-6-3-5-10-4-1-2-7-12(10)11/h1-7H,8-9,16H2,(H,17,19,20). The molecule has 0 spiro atoms. The van der Waals surface area contributed by atoms with E-state index in [4.69, 9.17) is 5.73 Å². The van der Waals surface area contributed by atoms with Gasteiger partial charge in [0.05, 0.1) is 6.54 Å². The van der Waals surface area contributed by atoms with Gasteiger partial charge in [0.1, 0.15) is 5.01 Å². The van der Waals surface area contributed by atoms with Crippen LogP contribution in [0.4, 0.5) is 5.13 Å². The molecule has 0 saturated carbocycles. The molecule has 3 aromatic rings. The second-order valence-electron chi connectivity index (χ2n) is 4.57. The quantitative estimate of drug-likeness (QED) is 0.773. The maximum Gasteiger partial charge on any atom is 0.239 e. The Hall–Kier alpha value is -2.31. The number of carbonyl (C=O) groups excluding carboxylic acids is 1. The van der Waals surface area contributed by atoms with E-state index in [0.29, 0.717) is 11.6 Å². The zero-order valence-electron chi connectivity index (χ0n) is 11.2. The molecule has 5 nitrogen and oxygen atoms in total. The number of amides is 1. The van der Waals surface area contributed by atoms with E-state index in [1.807, 2.05) is 18.2 Å². The minimum Gasteiger partial charge on any atom is -0.322 e. The van der Waals surface area contributed by atoms with E-state index in [1.165, 1.54) is 27.7 Å². The number of benzene rings is 2. The minimum absolute atomic E-state index is 0.0573. The van der Waals surface area contributed by atoms with Crippen LogP contribution in [0.25, 0.3) is 10.8 Å². The lowest BCUT2D eigenvalue weighted by Gasteiger charge is -2.03. The number of fused-ring (bicyclic) bond motifs is 1. The van der Waals surface area contributed by atoms with Crippen LogP contribution in [-0.2, 0) is 11.2 Å². The summed E-state index contributed by atoms with van der Waals surface area (Å²) in [5.41, 5.74) is 6.45. The van der Waals surface area contributed by atoms with E-state index in [-0.39, 0.29) is 12.5 Å². The lowest BCUT2D eigenvalue weighted by atomic mass is 10.0. The van der Waals surface area contributed by atoms with Crippen molar-refractivity contribution >= 4 is 33.1 Å².